The van der Waals surface area contributed by atoms with Crippen LogP contribution < -0.4 is 10.6 Å². The number of carbonyl (C=O) groups is 2. The molecule has 1 unspecified atom stereocenters. The normalized spacial score (nSPS) is 16.4. The fraction of sp³-hybridized carbons (Fsp3) is 0.278. The van der Waals surface area contributed by atoms with Crippen molar-refractivity contribution in [2.75, 3.05) is 10.6 Å². The summed E-state index contributed by atoms with van der Waals surface area (Å²) in [4.78, 5) is 28.4. The Hall–Kier alpha value is -2.69. The highest BCUT2D eigenvalue weighted by molar-refractivity contribution is 5.96. The number of rotatable bonds is 4. The van der Waals surface area contributed by atoms with Crippen molar-refractivity contribution < 1.29 is 9.59 Å². The van der Waals surface area contributed by atoms with Crippen molar-refractivity contribution in [2.45, 2.75) is 26.2 Å². The third kappa shape index (κ3) is 3.56. The SMILES string of the molecule is Cc1cccnc1NC(=O)CCC1Cc2ccccc2NC1=O. The minimum Gasteiger partial charge on any atom is -0.326 e. The number of nitrogens with one attached hydrogen (secondary N) is 2. The molecule has 2 N–H and O–H groups in total. The molecule has 0 bridgehead atoms. The van der Waals surface area contributed by atoms with Crippen LogP contribution in [0, 0.1) is 12.8 Å². The van der Waals surface area contributed by atoms with Gasteiger partial charge >= 0.3 is 0 Å². The van der Waals surface area contributed by atoms with Crippen LogP contribution in [-0.2, 0) is 16.0 Å². The third-order valence-corrected chi connectivity index (χ3v) is 4.10. The predicted octanol–water partition coefficient (Wildman–Crippen LogP) is 2.92. The molecule has 2 aromatic rings. The van der Waals surface area contributed by atoms with Gasteiger partial charge < -0.3 is 10.6 Å². The van der Waals surface area contributed by atoms with Crippen LogP contribution in [0.25, 0.3) is 0 Å². The largest absolute Gasteiger partial charge is 0.326 e. The highest BCUT2D eigenvalue weighted by atomic mass is 16.2. The number of benzene rings is 1. The fourth-order valence-corrected chi connectivity index (χ4v) is 2.76. The monoisotopic (exact) mass is 309 g/mol. The predicted molar refractivity (Wildman–Crippen MR) is 89.1 cm³/mol. The number of aryl methyl sites for hydroxylation is 1. The Bertz CT molecular complexity index is 743. The summed E-state index contributed by atoms with van der Waals surface area (Å²) >= 11 is 0. The smallest absolute Gasteiger partial charge is 0.227 e. The number of anilines is 2. The Morgan fingerprint density at radius 2 is 2.13 bits per heavy atom. The summed E-state index contributed by atoms with van der Waals surface area (Å²) in [6.07, 6.45) is 3.15. The van der Waals surface area contributed by atoms with Gasteiger partial charge in [0, 0.05) is 24.2 Å². The van der Waals surface area contributed by atoms with Crippen molar-refractivity contribution in [3.8, 4) is 0 Å². The van der Waals surface area contributed by atoms with E-state index in [0.717, 1.165) is 16.8 Å². The number of carbonyl (C=O) groups excluding carboxylic acids is 2. The summed E-state index contributed by atoms with van der Waals surface area (Å²) in [6.45, 7) is 1.90. The number of amides is 2. The van der Waals surface area contributed by atoms with Gasteiger partial charge in [0.05, 0.1) is 0 Å². The zero-order valence-electron chi connectivity index (χ0n) is 13.0. The first-order chi connectivity index (χ1) is 11.1. The second kappa shape index (κ2) is 6.60. The molecule has 3 rings (SSSR count). The van der Waals surface area contributed by atoms with Gasteiger partial charge in [-0.25, -0.2) is 4.98 Å². The molecule has 5 nitrogen and oxygen atoms in total. The molecule has 118 valence electrons. The average Bonchev–Trinajstić information content (AvgIpc) is 2.55. The number of aromatic nitrogens is 1. The summed E-state index contributed by atoms with van der Waals surface area (Å²) in [7, 11) is 0. The molecule has 23 heavy (non-hydrogen) atoms. The first-order valence-electron chi connectivity index (χ1n) is 7.74. The maximum absolute atomic E-state index is 12.1. The maximum Gasteiger partial charge on any atom is 0.227 e. The van der Waals surface area contributed by atoms with Crippen molar-refractivity contribution in [2.24, 2.45) is 5.92 Å². The van der Waals surface area contributed by atoms with Gasteiger partial charge in [0.2, 0.25) is 11.8 Å². The van der Waals surface area contributed by atoms with Gasteiger partial charge in [-0.3, -0.25) is 9.59 Å². The van der Waals surface area contributed by atoms with Gasteiger partial charge in [0.15, 0.2) is 0 Å². The van der Waals surface area contributed by atoms with Gasteiger partial charge in [0.25, 0.3) is 0 Å². The molecular weight excluding hydrogens is 290 g/mol. The highest BCUT2D eigenvalue weighted by Crippen LogP contribution is 2.27. The lowest BCUT2D eigenvalue weighted by Gasteiger charge is -2.24. The van der Waals surface area contributed by atoms with Crippen molar-refractivity contribution in [1.82, 2.24) is 4.98 Å². The van der Waals surface area contributed by atoms with E-state index in [1.807, 2.05) is 43.3 Å². The molecule has 0 aliphatic carbocycles. The van der Waals surface area contributed by atoms with Gasteiger partial charge in [-0.15, -0.1) is 0 Å². The number of fused-ring (bicyclic) bond motifs is 1. The van der Waals surface area contributed by atoms with Crippen LogP contribution in [0.15, 0.2) is 42.6 Å². The lowest BCUT2D eigenvalue weighted by atomic mass is 9.89. The summed E-state index contributed by atoms with van der Waals surface area (Å²) in [5, 5.41) is 5.71. The molecule has 0 saturated heterocycles. The summed E-state index contributed by atoms with van der Waals surface area (Å²) < 4.78 is 0. The first-order valence-corrected chi connectivity index (χ1v) is 7.74. The molecule has 1 aliphatic heterocycles. The molecule has 1 aromatic carbocycles. The van der Waals surface area contributed by atoms with E-state index in [4.69, 9.17) is 0 Å². The number of hydrogen-bond donors (Lipinski definition) is 2. The van der Waals surface area contributed by atoms with Gasteiger partial charge in [0.1, 0.15) is 5.82 Å². The van der Waals surface area contributed by atoms with Gasteiger partial charge in [-0.05, 0) is 43.0 Å². The molecular formula is C18H19N3O2. The van der Waals surface area contributed by atoms with Crippen LogP contribution >= 0.6 is 0 Å². The van der Waals surface area contributed by atoms with Crippen molar-refractivity contribution in [3.05, 3.63) is 53.7 Å². The molecule has 1 aliphatic rings. The lowest BCUT2D eigenvalue weighted by Crippen LogP contribution is -2.30. The molecule has 0 radical (unpaired) electrons. The first kappa shape index (κ1) is 15.2. The second-order valence-electron chi connectivity index (χ2n) is 5.80. The summed E-state index contributed by atoms with van der Waals surface area (Å²) in [6, 6.07) is 11.5. The fourth-order valence-electron chi connectivity index (χ4n) is 2.76. The Balaban J connectivity index is 1.57. The maximum atomic E-state index is 12.1. The van der Waals surface area contributed by atoms with Crippen molar-refractivity contribution in [3.63, 3.8) is 0 Å². The van der Waals surface area contributed by atoms with Crippen LogP contribution in [-0.4, -0.2) is 16.8 Å². The van der Waals surface area contributed by atoms with Crippen LogP contribution in [0.1, 0.15) is 24.0 Å². The minimum absolute atomic E-state index is 0.00878. The number of para-hydroxylation sites is 1. The number of nitrogens with zero attached hydrogens (tertiary/aromatic N) is 1. The van der Waals surface area contributed by atoms with Crippen LogP contribution in [0.3, 0.4) is 0 Å². The Morgan fingerprint density at radius 3 is 2.96 bits per heavy atom. The van der Waals surface area contributed by atoms with E-state index in [2.05, 4.69) is 15.6 Å². The Labute approximate surface area is 135 Å². The molecule has 5 heteroatoms. The van der Waals surface area contributed by atoms with Crippen molar-refractivity contribution >= 4 is 23.3 Å². The van der Waals surface area contributed by atoms with E-state index in [1.54, 1.807) is 6.20 Å². The topological polar surface area (TPSA) is 71.1 Å². The average molecular weight is 309 g/mol. The molecule has 1 atom stereocenters. The minimum atomic E-state index is -0.166. The second-order valence-corrected chi connectivity index (χ2v) is 5.80. The standard InChI is InChI=1S/C18H19N3O2/c1-12-5-4-10-19-17(12)21-16(22)9-8-14-11-13-6-2-3-7-15(13)20-18(14)23/h2-7,10,14H,8-9,11H2,1H3,(H,20,23)(H,19,21,22). The van der Waals surface area contributed by atoms with Crippen LogP contribution in [0.5, 0.6) is 0 Å². The quantitative estimate of drug-likeness (QED) is 0.912. The molecule has 0 spiro atoms. The van der Waals surface area contributed by atoms with E-state index in [1.165, 1.54) is 0 Å². The Kier molecular flexibility index (Phi) is 4.37. The molecule has 0 saturated carbocycles. The van der Waals surface area contributed by atoms with Crippen LogP contribution in [0.2, 0.25) is 0 Å². The highest BCUT2D eigenvalue weighted by Gasteiger charge is 2.26. The van der Waals surface area contributed by atoms with E-state index in [0.29, 0.717) is 25.1 Å². The lowest BCUT2D eigenvalue weighted by molar-refractivity contribution is -0.121. The molecule has 1 aromatic heterocycles. The van der Waals surface area contributed by atoms with Gasteiger partial charge in [-0.2, -0.15) is 0 Å². The van der Waals surface area contributed by atoms with E-state index in [-0.39, 0.29) is 17.7 Å². The van der Waals surface area contributed by atoms with E-state index < -0.39 is 0 Å². The van der Waals surface area contributed by atoms with Crippen molar-refractivity contribution in [1.29, 1.82) is 0 Å². The Morgan fingerprint density at radius 1 is 1.30 bits per heavy atom. The zero-order valence-corrected chi connectivity index (χ0v) is 13.0. The van der Waals surface area contributed by atoms with Gasteiger partial charge in [-0.1, -0.05) is 24.3 Å². The van der Waals surface area contributed by atoms with E-state index >= 15 is 0 Å². The summed E-state index contributed by atoms with van der Waals surface area (Å²) in [5.41, 5.74) is 2.92. The number of pyridine rings is 1. The van der Waals surface area contributed by atoms with Crippen LogP contribution in [0.4, 0.5) is 11.5 Å². The summed E-state index contributed by atoms with van der Waals surface area (Å²) in [5.74, 6) is 0.292. The zero-order chi connectivity index (χ0) is 16.2. The molecule has 0 fully saturated rings. The molecule has 2 amide bonds. The molecule has 2 heterocycles. The third-order valence-electron chi connectivity index (χ3n) is 4.10. The number of hydrogen-bond acceptors (Lipinski definition) is 3. The van der Waals surface area contributed by atoms with E-state index in [9.17, 15) is 9.59 Å².